The Bertz CT molecular complexity index is 1440. The van der Waals surface area contributed by atoms with Gasteiger partial charge in [-0.2, -0.15) is 5.10 Å². The number of benzene rings is 1. The SMILES string of the molecule is C=CC(=O)N1CC(n2nc(C#Cc3ccc4[nH]cnc4c3)c3c(N)ncnc32)C[C@@H]1CCOC. The molecule has 4 heterocycles. The minimum Gasteiger partial charge on any atom is -0.385 e. The number of H-pyrrole nitrogens is 1. The predicted octanol–water partition coefficient (Wildman–Crippen LogP) is 2.05. The average molecular weight is 457 g/mol. The summed E-state index contributed by atoms with van der Waals surface area (Å²) in [4.78, 5) is 30.2. The fourth-order valence-corrected chi connectivity index (χ4v) is 4.46. The topological polar surface area (TPSA) is 128 Å². The Labute approximate surface area is 195 Å². The van der Waals surface area contributed by atoms with Crippen molar-refractivity contribution in [2.45, 2.75) is 24.9 Å². The summed E-state index contributed by atoms with van der Waals surface area (Å²) in [5, 5.41) is 5.39. The van der Waals surface area contributed by atoms with E-state index in [4.69, 9.17) is 15.6 Å². The number of carbonyl (C=O) groups is 1. The molecule has 0 spiro atoms. The minimum absolute atomic E-state index is 0.0176. The van der Waals surface area contributed by atoms with Crippen molar-refractivity contribution in [3.63, 3.8) is 0 Å². The summed E-state index contributed by atoms with van der Waals surface area (Å²) in [6.07, 6.45) is 5.85. The van der Waals surface area contributed by atoms with E-state index in [0.29, 0.717) is 42.1 Å². The molecule has 0 bridgehead atoms. The highest BCUT2D eigenvalue weighted by molar-refractivity contribution is 5.91. The number of hydrogen-bond acceptors (Lipinski definition) is 7. The second kappa shape index (κ2) is 8.96. The van der Waals surface area contributed by atoms with Gasteiger partial charge in [0.05, 0.1) is 28.8 Å². The first-order valence-electron chi connectivity index (χ1n) is 10.9. The van der Waals surface area contributed by atoms with E-state index in [9.17, 15) is 4.79 Å². The molecule has 172 valence electrons. The summed E-state index contributed by atoms with van der Waals surface area (Å²) < 4.78 is 7.07. The number of rotatable bonds is 5. The van der Waals surface area contributed by atoms with Crippen LogP contribution in [0.1, 0.15) is 30.1 Å². The Morgan fingerprint density at radius 1 is 1.35 bits per heavy atom. The summed E-state index contributed by atoms with van der Waals surface area (Å²) in [5.41, 5.74) is 9.89. The van der Waals surface area contributed by atoms with Crippen LogP contribution in [0.4, 0.5) is 5.82 Å². The fourth-order valence-electron chi connectivity index (χ4n) is 4.46. The van der Waals surface area contributed by atoms with Crippen molar-refractivity contribution in [3.8, 4) is 11.8 Å². The van der Waals surface area contributed by atoms with Crippen LogP contribution >= 0.6 is 0 Å². The number of aromatic amines is 1. The summed E-state index contributed by atoms with van der Waals surface area (Å²) in [6.45, 7) is 4.69. The van der Waals surface area contributed by atoms with Gasteiger partial charge < -0.3 is 20.4 Å². The zero-order chi connectivity index (χ0) is 23.7. The third-order valence-electron chi connectivity index (χ3n) is 6.12. The first-order chi connectivity index (χ1) is 16.6. The fraction of sp³-hybridized carbons (Fsp3) is 0.292. The maximum Gasteiger partial charge on any atom is 0.246 e. The number of likely N-dealkylation sites (tertiary alicyclic amines) is 1. The molecule has 3 N–H and O–H groups in total. The molecule has 1 saturated heterocycles. The third-order valence-corrected chi connectivity index (χ3v) is 6.12. The van der Waals surface area contributed by atoms with Gasteiger partial charge in [-0.1, -0.05) is 12.5 Å². The molecule has 1 aliphatic rings. The number of carbonyl (C=O) groups excluding carboxylic acids is 1. The maximum absolute atomic E-state index is 12.5. The van der Waals surface area contributed by atoms with Gasteiger partial charge in [-0.25, -0.2) is 19.6 Å². The second-order valence-corrected chi connectivity index (χ2v) is 8.15. The quantitative estimate of drug-likeness (QED) is 0.347. The Morgan fingerprint density at radius 3 is 3.06 bits per heavy atom. The summed E-state index contributed by atoms with van der Waals surface area (Å²) in [6, 6.07) is 5.70. The van der Waals surface area contributed by atoms with E-state index in [1.165, 1.54) is 12.4 Å². The van der Waals surface area contributed by atoms with Crippen molar-refractivity contribution in [3.05, 3.63) is 54.8 Å². The van der Waals surface area contributed by atoms with Gasteiger partial charge in [0.25, 0.3) is 0 Å². The molecule has 4 aromatic rings. The largest absolute Gasteiger partial charge is 0.385 e. The van der Waals surface area contributed by atoms with Gasteiger partial charge >= 0.3 is 0 Å². The predicted molar refractivity (Wildman–Crippen MR) is 128 cm³/mol. The molecule has 0 aliphatic carbocycles. The summed E-state index contributed by atoms with van der Waals surface area (Å²) >= 11 is 0. The molecule has 34 heavy (non-hydrogen) atoms. The standard InChI is InChI=1S/C24H24N8O2/c1-3-21(33)31-12-17(11-16(31)8-9-34-2)32-24-22(23(25)28-14-29-24)19(30-32)7-5-15-4-6-18-20(10-15)27-13-26-18/h3-4,6,10,13-14,16-17H,1,8-9,11-12H2,2H3,(H,26,27)(H2,25,28,29)/t16-,17?/m0/s1. The van der Waals surface area contributed by atoms with Crippen LogP contribution in [-0.4, -0.2) is 66.8 Å². The zero-order valence-electron chi connectivity index (χ0n) is 18.7. The molecule has 10 nitrogen and oxygen atoms in total. The van der Waals surface area contributed by atoms with E-state index in [2.05, 4.69) is 38.4 Å². The lowest BCUT2D eigenvalue weighted by molar-refractivity contribution is -0.127. The number of imidazole rings is 1. The van der Waals surface area contributed by atoms with Crippen LogP contribution in [0, 0.1) is 11.8 Å². The van der Waals surface area contributed by atoms with Crippen molar-refractivity contribution >= 4 is 33.8 Å². The van der Waals surface area contributed by atoms with Crippen molar-refractivity contribution in [1.29, 1.82) is 0 Å². The minimum atomic E-state index is -0.108. The van der Waals surface area contributed by atoms with Gasteiger partial charge in [0.15, 0.2) is 5.65 Å². The number of aromatic nitrogens is 6. The van der Waals surface area contributed by atoms with Crippen molar-refractivity contribution in [2.75, 3.05) is 26.0 Å². The molecule has 1 fully saturated rings. The smallest absolute Gasteiger partial charge is 0.246 e. The van der Waals surface area contributed by atoms with E-state index in [0.717, 1.165) is 23.0 Å². The van der Waals surface area contributed by atoms with E-state index >= 15 is 0 Å². The Balaban J connectivity index is 1.53. The summed E-state index contributed by atoms with van der Waals surface area (Å²) in [5.74, 6) is 6.50. The summed E-state index contributed by atoms with van der Waals surface area (Å²) in [7, 11) is 1.65. The lowest BCUT2D eigenvalue weighted by Gasteiger charge is -2.22. The van der Waals surface area contributed by atoms with Crippen molar-refractivity contribution < 1.29 is 9.53 Å². The number of nitrogens with two attached hydrogens (primary N) is 1. The average Bonchev–Trinajstić information content (AvgIpc) is 3.57. The first kappa shape index (κ1) is 21.6. The van der Waals surface area contributed by atoms with Crippen LogP contribution in [0.15, 0.2) is 43.5 Å². The highest BCUT2D eigenvalue weighted by atomic mass is 16.5. The van der Waals surface area contributed by atoms with E-state index in [1.54, 1.807) is 13.4 Å². The van der Waals surface area contributed by atoms with E-state index in [-0.39, 0.29) is 18.0 Å². The lowest BCUT2D eigenvalue weighted by Crippen LogP contribution is -2.35. The van der Waals surface area contributed by atoms with Gasteiger partial charge in [-0.3, -0.25) is 4.79 Å². The number of anilines is 1. The maximum atomic E-state index is 12.5. The van der Waals surface area contributed by atoms with Crippen molar-refractivity contribution in [1.82, 2.24) is 34.6 Å². The molecule has 2 atom stereocenters. The first-order valence-corrected chi connectivity index (χ1v) is 10.9. The van der Waals surface area contributed by atoms with Gasteiger partial charge in [0.2, 0.25) is 5.91 Å². The van der Waals surface area contributed by atoms with Crippen molar-refractivity contribution in [2.24, 2.45) is 0 Å². The Hall–Kier alpha value is -4.23. The number of hydrogen-bond donors (Lipinski definition) is 2. The number of nitrogens with one attached hydrogen (secondary N) is 1. The molecule has 1 unspecified atom stereocenters. The Morgan fingerprint density at radius 2 is 2.24 bits per heavy atom. The molecule has 1 amide bonds. The van der Waals surface area contributed by atoms with Gasteiger partial charge in [0, 0.05) is 31.9 Å². The number of methoxy groups -OCH3 is 1. The molecule has 3 aromatic heterocycles. The molecular formula is C24H24N8O2. The molecule has 0 radical (unpaired) electrons. The molecular weight excluding hydrogens is 432 g/mol. The van der Waals surface area contributed by atoms with Crippen LogP contribution in [-0.2, 0) is 9.53 Å². The van der Waals surface area contributed by atoms with Crippen LogP contribution in [0.3, 0.4) is 0 Å². The third kappa shape index (κ3) is 3.86. The molecule has 10 heteroatoms. The number of nitrogen functional groups attached to an aromatic ring is 1. The van der Waals surface area contributed by atoms with Crippen LogP contribution in [0.5, 0.6) is 0 Å². The van der Waals surface area contributed by atoms with Gasteiger partial charge in [-0.15, -0.1) is 0 Å². The normalized spacial score (nSPS) is 17.7. The number of amides is 1. The monoisotopic (exact) mass is 456 g/mol. The zero-order valence-corrected chi connectivity index (χ0v) is 18.7. The van der Waals surface area contributed by atoms with E-state index in [1.807, 2.05) is 27.8 Å². The lowest BCUT2D eigenvalue weighted by atomic mass is 10.1. The van der Waals surface area contributed by atoms with E-state index < -0.39 is 0 Å². The van der Waals surface area contributed by atoms with Crippen LogP contribution < -0.4 is 5.73 Å². The number of fused-ring (bicyclic) bond motifs is 2. The molecule has 1 aromatic carbocycles. The number of ether oxygens (including phenoxy) is 1. The van der Waals surface area contributed by atoms with Gasteiger partial charge in [0.1, 0.15) is 17.8 Å². The Kier molecular flexibility index (Phi) is 5.69. The second-order valence-electron chi connectivity index (χ2n) is 8.15. The van der Waals surface area contributed by atoms with Crippen LogP contribution in [0.2, 0.25) is 0 Å². The highest BCUT2D eigenvalue weighted by Crippen LogP contribution is 2.33. The molecule has 0 saturated carbocycles. The molecule has 5 rings (SSSR count). The highest BCUT2D eigenvalue weighted by Gasteiger charge is 2.36. The number of nitrogens with zero attached hydrogens (tertiary/aromatic N) is 6. The van der Waals surface area contributed by atoms with Gasteiger partial charge in [-0.05, 0) is 43.0 Å². The molecule has 1 aliphatic heterocycles. The van der Waals surface area contributed by atoms with Crippen LogP contribution in [0.25, 0.3) is 22.1 Å².